The van der Waals surface area contributed by atoms with Crippen LogP contribution in [0, 0.1) is 0 Å². The number of rotatable bonds is 9. The van der Waals surface area contributed by atoms with Crippen molar-refractivity contribution in [3.05, 3.63) is 30.3 Å². The summed E-state index contributed by atoms with van der Waals surface area (Å²) in [6.45, 7) is 3.44. The fourth-order valence-corrected chi connectivity index (χ4v) is 1.98. The molecule has 2 N–H and O–H groups in total. The predicted molar refractivity (Wildman–Crippen MR) is 90.2 cm³/mol. The van der Waals surface area contributed by atoms with Crippen molar-refractivity contribution in [3.63, 3.8) is 0 Å². The number of guanidine groups is 1. The molecule has 0 heterocycles. The number of nitrogens with one attached hydrogen (secondary N) is 2. The Hall–Kier alpha value is -1.75. The highest BCUT2D eigenvalue weighted by Gasteiger charge is 2.00. The van der Waals surface area contributed by atoms with Gasteiger partial charge in [0, 0.05) is 46.5 Å². The molecule has 1 aromatic carbocycles. The first-order valence-corrected chi connectivity index (χ1v) is 7.47. The third kappa shape index (κ3) is 7.56. The van der Waals surface area contributed by atoms with E-state index in [0.29, 0.717) is 6.61 Å². The lowest BCUT2D eigenvalue weighted by Crippen LogP contribution is -2.39. The van der Waals surface area contributed by atoms with Gasteiger partial charge >= 0.3 is 0 Å². The number of unbranched alkanes of at least 4 members (excludes halogenated alkanes) is 1. The SMILES string of the molecule is CN=C(NCCCCN(C)c1ccccc1)NCCOC. The second-order valence-corrected chi connectivity index (χ2v) is 4.88. The van der Waals surface area contributed by atoms with Gasteiger partial charge in [0.1, 0.15) is 0 Å². The fourth-order valence-electron chi connectivity index (χ4n) is 1.98. The van der Waals surface area contributed by atoms with Crippen LogP contribution >= 0.6 is 0 Å². The zero-order valence-corrected chi connectivity index (χ0v) is 13.4. The Kier molecular flexibility index (Phi) is 9.04. The molecule has 0 unspecified atom stereocenters. The van der Waals surface area contributed by atoms with Crippen LogP contribution in [0.5, 0.6) is 0 Å². The van der Waals surface area contributed by atoms with Crippen molar-refractivity contribution in [3.8, 4) is 0 Å². The van der Waals surface area contributed by atoms with Gasteiger partial charge in [0.15, 0.2) is 5.96 Å². The van der Waals surface area contributed by atoms with Crippen molar-refractivity contribution in [1.29, 1.82) is 0 Å². The van der Waals surface area contributed by atoms with E-state index in [1.54, 1.807) is 14.2 Å². The van der Waals surface area contributed by atoms with Gasteiger partial charge in [-0.1, -0.05) is 18.2 Å². The molecule has 0 aliphatic rings. The lowest BCUT2D eigenvalue weighted by atomic mass is 10.2. The first-order chi connectivity index (χ1) is 10.3. The quantitative estimate of drug-likeness (QED) is 0.413. The molecular weight excluding hydrogens is 264 g/mol. The molecule has 0 bridgehead atoms. The van der Waals surface area contributed by atoms with Crippen LogP contribution in [0.15, 0.2) is 35.3 Å². The summed E-state index contributed by atoms with van der Waals surface area (Å²) in [6.07, 6.45) is 2.26. The summed E-state index contributed by atoms with van der Waals surface area (Å²) in [6, 6.07) is 10.5. The normalized spacial score (nSPS) is 11.3. The Morgan fingerprint density at radius 3 is 2.52 bits per heavy atom. The smallest absolute Gasteiger partial charge is 0.191 e. The van der Waals surface area contributed by atoms with Crippen LogP contribution in [0.25, 0.3) is 0 Å². The Morgan fingerprint density at radius 1 is 1.14 bits per heavy atom. The van der Waals surface area contributed by atoms with Gasteiger partial charge in [-0.2, -0.15) is 0 Å². The molecule has 0 radical (unpaired) electrons. The summed E-state index contributed by atoms with van der Waals surface area (Å²) >= 11 is 0. The first kappa shape index (κ1) is 17.3. The van der Waals surface area contributed by atoms with E-state index in [-0.39, 0.29) is 0 Å². The fraction of sp³-hybridized carbons (Fsp3) is 0.562. The Bertz CT molecular complexity index is 395. The van der Waals surface area contributed by atoms with E-state index < -0.39 is 0 Å². The molecule has 0 amide bonds. The minimum atomic E-state index is 0.683. The molecule has 21 heavy (non-hydrogen) atoms. The molecule has 0 fully saturated rings. The van der Waals surface area contributed by atoms with Crippen molar-refractivity contribution in [1.82, 2.24) is 10.6 Å². The van der Waals surface area contributed by atoms with Gasteiger partial charge in [-0.25, -0.2) is 0 Å². The van der Waals surface area contributed by atoms with E-state index >= 15 is 0 Å². The molecule has 5 heteroatoms. The standard InChI is InChI=1S/C16H28N4O/c1-17-16(19-12-14-21-3)18-11-7-8-13-20(2)15-9-5-4-6-10-15/h4-6,9-10H,7-8,11-14H2,1-3H3,(H2,17,18,19). The van der Waals surface area contributed by atoms with Crippen LogP contribution in [-0.4, -0.2) is 53.4 Å². The van der Waals surface area contributed by atoms with E-state index in [4.69, 9.17) is 4.74 Å². The molecule has 0 aliphatic carbocycles. The highest BCUT2D eigenvalue weighted by Crippen LogP contribution is 2.11. The van der Waals surface area contributed by atoms with Crippen LogP contribution < -0.4 is 15.5 Å². The molecule has 0 spiro atoms. The summed E-state index contributed by atoms with van der Waals surface area (Å²) in [7, 11) is 5.61. The zero-order chi connectivity index (χ0) is 15.3. The van der Waals surface area contributed by atoms with Gasteiger partial charge in [-0.05, 0) is 25.0 Å². The zero-order valence-electron chi connectivity index (χ0n) is 13.4. The summed E-state index contributed by atoms with van der Waals surface area (Å²) < 4.78 is 5.00. The summed E-state index contributed by atoms with van der Waals surface area (Å²) in [5.74, 6) is 0.837. The number of anilines is 1. The number of aliphatic imine (C=N–C) groups is 1. The summed E-state index contributed by atoms with van der Waals surface area (Å²) in [5.41, 5.74) is 1.27. The van der Waals surface area contributed by atoms with Gasteiger partial charge in [-0.15, -0.1) is 0 Å². The van der Waals surface area contributed by atoms with Crippen molar-refractivity contribution in [2.75, 3.05) is 52.3 Å². The highest BCUT2D eigenvalue weighted by molar-refractivity contribution is 5.79. The van der Waals surface area contributed by atoms with E-state index in [0.717, 1.165) is 38.4 Å². The van der Waals surface area contributed by atoms with E-state index in [2.05, 4.69) is 51.8 Å². The number of hydrogen-bond acceptors (Lipinski definition) is 3. The van der Waals surface area contributed by atoms with Crippen LogP contribution in [-0.2, 0) is 4.74 Å². The van der Waals surface area contributed by atoms with E-state index in [1.807, 2.05) is 6.07 Å². The Balaban J connectivity index is 2.11. The largest absolute Gasteiger partial charge is 0.383 e. The molecule has 0 saturated carbocycles. The second kappa shape index (κ2) is 11.0. The molecular formula is C16H28N4O. The average Bonchev–Trinajstić information content (AvgIpc) is 2.53. The predicted octanol–water partition coefficient (Wildman–Crippen LogP) is 1.71. The lowest BCUT2D eigenvalue weighted by Gasteiger charge is -2.19. The maximum atomic E-state index is 5.00. The Morgan fingerprint density at radius 2 is 1.86 bits per heavy atom. The molecule has 0 aromatic heterocycles. The molecule has 1 aromatic rings. The molecule has 1 rings (SSSR count). The third-order valence-electron chi connectivity index (χ3n) is 3.23. The highest BCUT2D eigenvalue weighted by atomic mass is 16.5. The van der Waals surface area contributed by atoms with Gasteiger partial charge in [-0.3, -0.25) is 4.99 Å². The molecule has 5 nitrogen and oxygen atoms in total. The van der Waals surface area contributed by atoms with Crippen molar-refractivity contribution >= 4 is 11.6 Å². The van der Waals surface area contributed by atoms with E-state index in [1.165, 1.54) is 5.69 Å². The van der Waals surface area contributed by atoms with Gasteiger partial charge in [0.25, 0.3) is 0 Å². The summed E-state index contributed by atoms with van der Waals surface area (Å²) in [5, 5.41) is 6.51. The minimum Gasteiger partial charge on any atom is -0.383 e. The lowest BCUT2D eigenvalue weighted by molar-refractivity contribution is 0.203. The Labute approximate surface area is 128 Å². The van der Waals surface area contributed by atoms with Crippen LogP contribution in [0.1, 0.15) is 12.8 Å². The number of ether oxygens (including phenoxy) is 1. The van der Waals surface area contributed by atoms with Gasteiger partial charge < -0.3 is 20.3 Å². The summed E-state index contributed by atoms with van der Waals surface area (Å²) in [4.78, 5) is 6.45. The van der Waals surface area contributed by atoms with Gasteiger partial charge in [0.05, 0.1) is 6.61 Å². The topological polar surface area (TPSA) is 48.9 Å². The van der Waals surface area contributed by atoms with E-state index in [9.17, 15) is 0 Å². The monoisotopic (exact) mass is 292 g/mol. The minimum absolute atomic E-state index is 0.683. The number of benzene rings is 1. The average molecular weight is 292 g/mol. The van der Waals surface area contributed by atoms with Crippen LogP contribution in [0.4, 0.5) is 5.69 Å². The van der Waals surface area contributed by atoms with Crippen molar-refractivity contribution in [2.45, 2.75) is 12.8 Å². The number of methoxy groups -OCH3 is 1. The second-order valence-electron chi connectivity index (χ2n) is 4.88. The first-order valence-electron chi connectivity index (χ1n) is 7.47. The van der Waals surface area contributed by atoms with Crippen molar-refractivity contribution in [2.24, 2.45) is 4.99 Å². The van der Waals surface area contributed by atoms with Crippen LogP contribution in [0.3, 0.4) is 0 Å². The third-order valence-corrected chi connectivity index (χ3v) is 3.23. The van der Waals surface area contributed by atoms with Crippen LogP contribution in [0.2, 0.25) is 0 Å². The maximum Gasteiger partial charge on any atom is 0.191 e. The molecule has 0 aliphatic heterocycles. The number of nitrogens with zero attached hydrogens (tertiary/aromatic N) is 2. The van der Waals surface area contributed by atoms with Gasteiger partial charge in [0.2, 0.25) is 0 Å². The molecule has 118 valence electrons. The number of hydrogen-bond donors (Lipinski definition) is 2. The maximum absolute atomic E-state index is 5.00. The molecule has 0 atom stereocenters. The van der Waals surface area contributed by atoms with Crippen molar-refractivity contribution < 1.29 is 4.74 Å². The number of para-hydroxylation sites is 1. The molecule has 0 saturated heterocycles.